The van der Waals surface area contributed by atoms with Crippen molar-refractivity contribution in [3.8, 4) is 0 Å². The van der Waals surface area contributed by atoms with Crippen LogP contribution in [0.4, 0.5) is 0 Å². The van der Waals surface area contributed by atoms with Gasteiger partial charge in [-0.1, -0.05) is 32.1 Å². The highest BCUT2D eigenvalue weighted by atomic mass is 32.1. The van der Waals surface area contributed by atoms with Gasteiger partial charge >= 0.3 is 0 Å². The minimum Gasteiger partial charge on any atom is -0.308 e. The van der Waals surface area contributed by atoms with Gasteiger partial charge in [0.05, 0.1) is 6.04 Å². The molecule has 1 fully saturated rings. The van der Waals surface area contributed by atoms with Crippen molar-refractivity contribution < 1.29 is 0 Å². The Kier molecular flexibility index (Phi) is 2.81. The molecule has 1 heterocycles. The second kappa shape index (κ2) is 3.83. The Labute approximate surface area is 95.3 Å². The van der Waals surface area contributed by atoms with Gasteiger partial charge in [0.15, 0.2) is 0 Å². The van der Waals surface area contributed by atoms with Crippen LogP contribution in [0.3, 0.4) is 0 Å². The van der Waals surface area contributed by atoms with Crippen LogP contribution in [0.1, 0.15) is 56.1 Å². The number of hydrogen-bond donors (Lipinski definition) is 1. The zero-order chi connectivity index (χ0) is 11.1. The molecule has 1 N–H and O–H groups in total. The van der Waals surface area contributed by atoms with E-state index in [1.54, 1.807) is 11.3 Å². The monoisotopic (exact) mass is 225 g/mol. The molecule has 1 saturated carbocycles. The van der Waals surface area contributed by atoms with E-state index in [-0.39, 0.29) is 0 Å². The zero-order valence-electron chi connectivity index (χ0n) is 9.87. The summed E-state index contributed by atoms with van der Waals surface area (Å²) in [6, 6.07) is 0.336. The molecule has 1 aliphatic carbocycles. The van der Waals surface area contributed by atoms with Gasteiger partial charge in [-0.05, 0) is 25.3 Å². The molecule has 84 valence electrons. The van der Waals surface area contributed by atoms with Crippen LogP contribution in [-0.2, 0) is 0 Å². The van der Waals surface area contributed by atoms with Crippen molar-refractivity contribution in [2.24, 2.45) is 5.41 Å². The zero-order valence-corrected chi connectivity index (χ0v) is 10.7. The van der Waals surface area contributed by atoms with E-state index >= 15 is 0 Å². The van der Waals surface area contributed by atoms with Crippen LogP contribution >= 0.6 is 11.3 Å². The summed E-state index contributed by atoms with van der Waals surface area (Å²) in [6.07, 6.45) is 1.26. The Morgan fingerprint density at radius 2 is 2.20 bits per heavy atom. The first-order valence-electron chi connectivity index (χ1n) is 5.61. The molecule has 2 rings (SSSR count). The molecule has 1 aliphatic rings. The highest BCUT2D eigenvalue weighted by molar-refractivity contribution is 7.11. The summed E-state index contributed by atoms with van der Waals surface area (Å²) in [5, 5.41) is 14.3. The van der Waals surface area contributed by atoms with Gasteiger partial charge in [-0.2, -0.15) is 0 Å². The summed E-state index contributed by atoms with van der Waals surface area (Å²) >= 11 is 1.77. The van der Waals surface area contributed by atoms with Crippen LogP contribution in [0.25, 0.3) is 0 Å². The number of aromatic nitrogens is 2. The van der Waals surface area contributed by atoms with E-state index in [1.807, 2.05) is 0 Å². The maximum atomic E-state index is 4.31. The molecule has 3 nitrogen and oxygen atoms in total. The van der Waals surface area contributed by atoms with Gasteiger partial charge in [0, 0.05) is 5.92 Å². The van der Waals surface area contributed by atoms with Crippen LogP contribution in [0.15, 0.2) is 0 Å². The van der Waals surface area contributed by atoms with Crippen molar-refractivity contribution >= 4 is 11.3 Å². The van der Waals surface area contributed by atoms with Crippen LogP contribution < -0.4 is 5.32 Å². The highest BCUT2D eigenvalue weighted by Gasteiger charge is 2.48. The van der Waals surface area contributed by atoms with E-state index in [0.717, 1.165) is 11.6 Å². The SMILES string of the molecule is CCNC(C)c1nnc(C2CC2(C)C)s1. The third kappa shape index (κ3) is 2.21. The molecule has 1 aromatic rings. The van der Waals surface area contributed by atoms with Crippen molar-refractivity contribution in [3.05, 3.63) is 10.0 Å². The van der Waals surface area contributed by atoms with Gasteiger partial charge in [-0.15, -0.1) is 10.2 Å². The summed E-state index contributed by atoms with van der Waals surface area (Å²) in [7, 11) is 0. The second-order valence-corrected chi connectivity index (χ2v) is 6.04. The fourth-order valence-electron chi connectivity index (χ4n) is 1.84. The lowest BCUT2D eigenvalue weighted by atomic mass is 10.1. The predicted octanol–water partition coefficient (Wildman–Crippen LogP) is 2.72. The van der Waals surface area contributed by atoms with Crippen molar-refractivity contribution in [3.63, 3.8) is 0 Å². The van der Waals surface area contributed by atoms with Gasteiger partial charge in [0.1, 0.15) is 10.0 Å². The Morgan fingerprint density at radius 1 is 1.53 bits per heavy atom. The average Bonchev–Trinajstić information content (AvgIpc) is 2.66. The Hall–Kier alpha value is -0.480. The minimum absolute atomic E-state index is 0.336. The van der Waals surface area contributed by atoms with E-state index < -0.39 is 0 Å². The van der Waals surface area contributed by atoms with E-state index in [2.05, 4.69) is 43.2 Å². The van der Waals surface area contributed by atoms with Crippen LogP contribution in [0, 0.1) is 5.41 Å². The largest absolute Gasteiger partial charge is 0.308 e. The number of nitrogens with zero attached hydrogens (tertiary/aromatic N) is 2. The molecular weight excluding hydrogens is 206 g/mol. The van der Waals surface area contributed by atoms with Gasteiger partial charge in [0.2, 0.25) is 0 Å². The molecule has 0 amide bonds. The topological polar surface area (TPSA) is 37.8 Å². The molecule has 2 atom stereocenters. The fraction of sp³-hybridized carbons (Fsp3) is 0.818. The predicted molar refractivity (Wildman–Crippen MR) is 63.1 cm³/mol. The fourth-order valence-corrected chi connectivity index (χ4v) is 3.03. The third-order valence-electron chi connectivity index (χ3n) is 3.15. The average molecular weight is 225 g/mol. The highest BCUT2D eigenvalue weighted by Crippen LogP contribution is 2.59. The molecular formula is C11H19N3S. The maximum Gasteiger partial charge on any atom is 0.134 e. The Balaban J connectivity index is 2.05. The molecule has 0 spiro atoms. The van der Waals surface area contributed by atoms with Gasteiger partial charge in [-0.25, -0.2) is 0 Å². The maximum absolute atomic E-state index is 4.31. The van der Waals surface area contributed by atoms with Crippen molar-refractivity contribution in [1.29, 1.82) is 0 Å². The molecule has 0 bridgehead atoms. The third-order valence-corrected chi connectivity index (χ3v) is 4.37. The summed E-state index contributed by atoms with van der Waals surface area (Å²) in [5.41, 5.74) is 0.457. The smallest absolute Gasteiger partial charge is 0.134 e. The molecule has 2 unspecified atom stereocenters. The van der Waals surface area contributed by atoms with E-state index in [9.17, 15) is 0 Å². The minimum atomic E-state index is 0.336. The first kappa shape index (κ1) is 11.0. The van der Waals surface area contributed by atoms with Crippen molar-refractivity contribution in [2.75, 3.05) is 6.54 Å². The lowest BCUT2D eigenvalue weighted by Gasteiger charge is -2.06. The first-order valence-corrected chi connectivity index (χ1v) is 6.43. The summed E-state index contributed by atoms with van der Waals surface area (Å²) < 4.78 is 0. The number of nitrogens with one attached hydrogen (secondary N) is 1. The van der Waals surface area contributed by atoms with Crippen LogP contribution in [-0.4, -0.2) is 16.7 Å². The summed E-state index contributed by atoms with van der Waals surface area (Å²) in [5.74, 6) is 0.651. The van der Waals surface area contributed by atoms with Gasteiger partial charge in [-0.3, -0.25) is 0 Å². The van der Waals surface area contributed by atoms with Crippen LogP contribution in [0.5, 0.6) is 0 Å². The van der Waals surface area contributed by atoms with Crippen molar-refractivity contribution in [2.45, 2.75) is 46.1 Å². The summed E-state index contributed by atoms with van der Waals surface area (Å²) in [6.45, 7) is 9.83. The molecule has 0 aromatic carbocycles. The van der Waals surface area contributed by atoms with Gasteiger partial charge < -0.3 is 5.32 Å². The molecule has 15 heavy (non-hydrogen) atoms. The Bertz CT molecular complexity index is 345. The molecule has 0 saturated heterocycles. The molecule has 1 aromatic heterocycles. The summed E-state index contributed by atoms with van der Waals surface area (Å²) in [4.78, 5) is 0. The number of rotatable bonds is 4. The molecule has 0 radical (unpaired) electrons. The van der Waals surface area contributed by atoms with E-state index in [4.69, 9.17) is 0 Å². The standard InChI is InChI=1S/C11H19N3S/c1-5-12-7(2)9-13-14-10(15-9)8-6-11(8,3)4/h7-8,12H,5-6H2,1-4H3. The lowest BCUT2D eigenvalue weighted by Crippen LogP contribution is -2.17. The molecule has 4 heteroatoms. The van der Waals surface area contributed by atoms with Gasteiger partial charge in [0.25, 0.3) is 0 Å². The van der Waals surface area contributed by atoms with E-state index in [1.165, 1.54) is 11.4 Å². The van der Waals surface area contributed by atoms with E-state index in [0.29, 0.717) is 17.4 Å². The lowest BCUT2D eigenvalue weighted by molar-refractivity contribution is 0.588. The quantitative estimate of drug-likeness (QED) is 0.856. The Morgan fingerprint density at radius 3 is 2.73 bits per heavy atom. The first-order chi connectivity index (χ1) is 7.04. The van der Waals surface area contributed by atoms with Crippen LogP contribution in [0.2, 0.25) is 0 Å². The van der Waals surface area contributed by atoms with Crippen molar-refractivity contribution in [1.82, 2.24) is 15.5 Å². The second-order valence-electron chi connectivity index (χ2n) is 5.00. The molecule has 0 aliphatic heterocycles. The number of hydrogen-bond acceptors (Lipinski definition) is 4. The normalized spacial score (nSPS) is 25.2.